The maximum Gasteiger partial charge on any atom is 0.312 e. The van der Waals surface area contributed by atoms with Crippen LogP contribution in [0.3, 0.4) is 0 Å². The fourth-order valence-corrected chi connectivity index (χ4v) is 3.34. The van der Waals surface area contributed by atoms with Crippen molar-refractivity contribution in [2.75, 3.05) is 32.7 Å². The highest BCUT2D eigenvalue weighted by atomic mass is 16.2. The molecular weight excluding hydrogens is 318 g/mol. The van der Waals surface area contributed by atoms with Gasteiger partial charge in [0.05, 0.1) is 0 Å². The molecule has 0 aliphatic carbocycles. The van der Waals surface area contributed by atoms with Gasteiger partial charge >= 0.3 is 11.8 Å². The predicted molar refractivity (Wildman–Crippen MR) is 93.4 cm³/mol. The van der Waals surface area contributed by atoms with E-state index >= 15 is 0 Å². The van der Waals surface area contributed by atoms with Crippen LogP contribution in [0.2, 0.25) is 0 Å². The molecule has 1 aromatic carbocycles. The molecule has 2 heterocycles. The smallest absolute Gasteiger partial charge is 0.312 e. The number of benzene rings is 1. The molecule has 2 saturated heterocycles. The molecule has 0 spiro atoms. The first kappa shape index (κ1) is 17.5. The minimum absolute atomic E-state index is 0.0120. The van der Waals surface area contributed by atoms with E-state index in [4.69, 9.17) is 0 Å². The lowest BCUT2D eigenvalue weighted by Crippen LogP contribution is -2.56. The summed E-state index contributed by atoms with van der Waals surface area (Å²) in [5, 5.41) is 0. The van der Waals surface area contributed by atoms with Crippen LogP contribution < -0.4 is 0 Å². The van der Waals surface area contributed by atoms with Crippen LogP contribution in [-0.2, 0) is 20.9 Å². The summed E-state index contributed by atoms with van der Waals surface area (Å²) < 4.78 is 0. The first-order valence-electron chi connectivity index (χ1n) is 8.94. The topological polar surface area (TPSA) is 60.9 Å². The standard InChI is InChI=1S/C19H25N3O3/c1-15-7-9-20(10-8-15)17(23)14-22-12-11-21(18(24)19(22)25)13-16-5-3-2-4-6-16/h2-6,15H,7-14H2,1H3. The minimum Gasteiger partial charge on any atom is -0.341 e. The van der Waals surface area contributed by atoms with Crippen molar-refractivity contribution in [3.05, 3.63) is 35.9 Å². The first-order valence-corrected chi connectivity index (χ1v) is 8.94. The van der Waals surface area contributed by atoms with Gasteiger partial charge in [-0.05, 0) is 24.3 Å². The van der Waals surface area contributed by atoms with Crippen LogP contribution in [0, 0.1) is 5.92 Å². The van der Waals surface area contributed by atoms with E-state index in [2.05, 4.69) is 6.92 Å². The van der Waals surface area contributed by atoms with E-state index in [0.29, 0.717) is 25.6 Å². The maximum absolute atomic E-state index is 12.4. The third-order valence-corrected chi connectivity index (χ3v) is 5.08. The second-order valence-electron chi connectivity index (χ2n) is 7.00. The molecule has 134 valence electrons. The number of amides is 3. The Hall–Kier alpha value is -2.37. The molecule has 2 fully saturated rings. The fraction of sp³-hybridized carbons (Fsp3) is 0.526. The van der Waals surface area contributed by atoms with Crippen molar-refractivity contribution in [2.45, 2.75) is 26.3 Å². The van der Waals surface area contributed by atoms with Crippen LogP contribution in [0.25, 0.3) is 0 Å². The zero-order valence-corrected chi connectivity index (χ0v) is 14.7. The van der Waals surface area contributed by atoms with E-state index < -0.39 is 11.8 Å². The predicted octanol–water partition coefficient (Wildman–Crippen LogP) is 1.12. The van der Waals surface area contributed by atoms with Gasteiger partial charge in [-0.2, -0.15) is 0 Å². The number of likely N-dealkylation sites (tertiary alicyclic amines) is 1. The molecule has 2 aliphatic heterocycles. The van der Waals surface area contributed by atoms with Crippen molar-refractivity contribution < 1.29 is 14.4 Å². The van der Waals surface area contributed by atoms with Crippen LogP contribution in [-0.4, -0.2) is 65.1 Å². The lowest BCUT2D eigenvalue weighted by atomic mass is 9.99. The van der Waals surface area contributed by atoms with Crippen LogP contribution >= 0.6 is 0 Å². The quantitative estimate of drug-likeness (QED) is 0.770. The van der Waals surface area contributed by atoms with E-state index in [9.17, 15) is 14.4 Å². The lowest BCUT2D eigenvalue weighted by Gasteiger charge is -2.36. The van der Waals surface area contributed by atoms with Gasteiger partial charge < -0.3 is 14.7 Å². The number of piperazine rings is 1. The molecule has 0 saturated carbocycles. The zero-order chi connectivity index (χ0) is 17.8. The molecule has 0 N–H and O–H groups in total. The number of nitrogens with zero attached hydrogens (tertiary/aromatic N) is 3. The van der Waals surface area contributed by atoms with Crippen molar-refractivity contribution in [2.24, 2.45) is 5.92 Å². The van der Waals surface area contributed by atoms with Gasteiger partial charge in [0, 0.05) is 32.7 Å². The molecule has 0 aromatic heterocycles. The molecule has 0 unspecified atom stereocenters. The summed E-state index contributed by atoms with van der Waals surface area (Å²) in [4.78, 5) is 41.9. The van der Waals surface area contributed by atoms with Gasteiger partial charge in [-0.1, -0.05) is 37.3 Å². The maximum atomic E-state index is 12.4. The Labute approximate surface area is 148 Å². The Balaban J connectivity index is 1.54. The number of hydrogen-bond donors (Lipinski definition) is 0. The van der Waals surface area contributed by atoms with E-state index in [1.165, 1.54) is 4.90 Å². The molecular formula is C19H25N3O3. The van der Waals surface area contributed by atoms with Crippen molar-refractivity contribution in [1.29, 1.82) is 0 Å². The molecule has 6 nitrogen and oxygen atoms in total. The fourth-order valence-electron chi connectivity index (χ4n) is 3.34. The SMILES string of the molecule is CC1CCN(C(=O)CN2CCN(Cc3ccccc3)C(=O)C2=O)CC1. The summed E-state index contributed by atoms with van der Waals surface area (Å²) in [6.45, 7) is 4.99. The summed E-state index contributed by atoms with van der Waals surface area (Å²) in [7, 11) is 0. The average molecular weight is 343 g/mol. The molecule has 0 radical (unpaired) electrons. The second kappa shape index (κ2) is 7.68. The Kier molecular flexibility index (Phi) is 5.36. The van der Waals surface area contributed by atoms with Gasteiger partial charge in [-0.15, -0.1) is 0 Å². The summed E-state index contributed by atoms with van der Waals surface area (Å²) >= 11 is 0. The van der Waals surface area contributed by atoms with Crippen LogP contribution in [0.15, 0.2) is 30.3 Å². The van der Waals surface area contributed by atoms with Gasteiger partial charge in [0.2, 0.25) is 5.91 Å². The highest BCUT2D eigenvalue weighted by Crippen LogP contribution is 2.17. The van der Waals surface area contributed by atoms with Gasteiger partial charge in [0.25, 0.3) is 0 Å². The number of rotatable bonds is 4. The minimum atomic E-state index is -0.569. The van der Waals surface area contributed by atoms with Crippen LogP contribution in [0.5, 0.6) is 0 Å². The van der Waals surface area contributed by atoms with Crippen molar-refractivity contribution >= 4 is 17.7 Å². The van der Waals surface area contributed by atoms with Crippen molar-refractivity contribution in [1.82, 2.24) is 14.7 Å². The largest absolute Gasteiger partial charge is 0.341 e. The molecule has 3 amide bonds. The van der Waals surface area contributed by atoms with Gasteiger partial charge in [-0.25, -0.2) is 0 Å². The molecule has 25 heavy (non-hydrogen) atoms. The Bertz CT molecular complexity index is 639. The Morgan fingerprint density at radius 3 is 2.24 bits per heavy atom. The number of carbonyl (C=O) groups excluding carboxylic acids is 3. The molecule has 1 aromatic rings. The van der Waals surface area contributed by atoms with E-state index in [1.807, 2.05) is 35.2 Å². The van der Waals surface area contributed by atoms with Crippen molar-refractivity contribution in [3.8, 4) is 0 Å². The zero-order valence-electron chi connectivity index (χ0n) is 14.7. The molecule has 2 aliphatic rings. The average Bonchev–Trinajstić information content (AvgIpc) is 2.63. The number of carbonyl (C=O) groups is 3. The van der Waals surface area contributed by atoms with E-state index in [-0.39, 0.29) is 12.5 Å². The lowest BCUT2D eigenvalue weighted by molar-refractivity contribution is -0.158. The van der Waals surface area contributed by atoms with Gasteiger partial charge in [0.1, 0.15) is 6.54 Å². The monoisotopic (exact) mass is 343 g/mol. The van der Waals surface area contributed by atoms with Crippen LogP contribution in [0.1, 0.15) is 25.3 Å². The molecule has 6 heteroatoms. The third-order valence-electron chi connectivity index (χ3n) is 5.08. The van der Waals surface area contributed by atoms with Crippen molar-refractivity contribution in [3.63, 3.8) is 0 Å². The highest BCUT2D eigenvalue weighted by Gasteiger charge is 2.34. The first-order chi connectivity index (χ1) is 12.0. The second-order valence-corrected chi connectivity index (χ2v) is 7.00. The van der Waals surface area contributed by atoms with Gasteiger partial charge in [-0.3, -0.25) is 14.4 Å². The summed E-state index contributed by atoms with van der Waals surface area (Å²) in [6, 6.07) is 9.61. The van der Waals surface area contributed by atoms with E-state index in [0.717, 1.165) is 31.5 Å². The Morgan fingerprint density at radius 2 is 1.56 bits per heavy atom. The number of hydrogen-bond acceptors (Lipinski definition) is 3. The molecule has 3 rings (SSSR count). The molecule has 0 atom stereocenters. The normalized spacial score (nSPS) is 19.5. The van der Waals surface area contributed by atoms with E-state index in [1.54, 1.807) is 4.90 Å². The van der Waals surface area contributed by atoms with Crippen LogP contribution in [0.4, 0.5) is 0 Å². The molecule has 0 bridgehead atoms. The van der Waals surface area contributed by atoms with Gasteiger partial charge in [0.15, 0.2) is 0 Å². The summed E-state index contributed by atoms with van der Waals surface area (Å²) in [5.74, 6) is -0.491. The summed E-state index contributed by atoms with van der Waals surface area (Å²) in [5.41, 5.74) is 0.996. The summed E-state index contributed by atoms with van der Waals surface area (Å²) in [6.07, 6.45) is 2.01. The highest BCUT2D eigenvalue weighted by molar-refractivity contribution is 6.35. The third kappa shape index (κ3) is 4.18. The Morgan fingerprint density at radius 1 is 0.960 bits per heavy atom. The number of piperidine rings is 1.